The fourth-order valence-electron chi connectivity index (χ4n) is 2.09. The highest BCUT2D eigenvalue weighted by atomic mass is 35.5. The molecular weight excluding hydrogens is 278 g/mol. The van der Waals surface area contributed by atoms with Gasteiger partial charge >= 0.3 is 0 Å². The van der Waals surface area contributed by atoms with Crippen molar-refractivity contribution < 1.29 is 4.42 Å². The summed E-state index contributed by atoms with van der Waals surface area (Å²) in [7, 11) is 0. The van der Waals surface area contributed by atoms with E-state index in [1.165, 1.54) is 6.33 Å². The van der Waals surface area contributed by atoms with Crippen LogP contribution in [0.1, 0.15) is 0 Å². The normalized spacial score (nSPS) is 11.2. The van der Waals surface area contributed by atoms with E-state index in [1.807, 2.05) is 12.1 Å². The van der Waals surface area contributed by atoms with Crippen LogP contribution in [-0.4, -0.2) is 20.2 Å². The molecule has 0 fully saturated rings. The third-order valence-corrected chi connectivity index (χ3v) is 3.27. The molecule has 0 bridgehead atoms. The summed E-state index contributed by atoms with van der Waals surface area (Å²) in [5, 5.41) is 12.4. The lowest BCUT2D eigenvalue weighted by Gasteiger charge is -2.03. The molecule has 0 atom stereocenters. The molecule has 7 heteroatoms. The van der Waals surface area contributed by atoms with Crippen LogP contribution in [0.5, 0.6) is 0 Å². The van der Waals surface area contributed by atoms with E-state index in [0.29, 0.717) is 16.5 Å². The van der Waals surface area contributed by atoms with Crippen LogP contribution in [0.3, 0.4) is 0 Å². The minimum Gasteiger partial charge on any atom is -0.462 e. The number of halogens is 1. The second kappa shape index (κ2) is 4.21. The number of rotatable bonds is 2. The highest BCUT2D eigenvalue weighted by Gasteiger charge is 2.10. The van der Waals surface area contributed by atoms with Crippen LogP contribution in [0.4, 0.5) is 11.5 Å². The maximum Gasteiger partial charge on any atom is 0.160 e. The quantitative estimate of drug-likeness (QED) is 0.589. The minimum absolute atomic E-state index is 0.637. The molecular formula is C13H8ClN5O. The largest absolute Gasteiger partial charge is 0.462 e. The van der Waals surface area contributed by atoms with Crippen molar-refractivity contribution in [3.05, 3.63) is 42.0 Å². The van der Waals surface area contributed by atoms with Gasteiger partial charge in [-0.25, -0.2) is 9.97 Å². The Balaban J connectivity index is 1.83. The molecule has 6 nitrogen and oxygen atoms in total. The van der Waals surface area contributed by atoms with Crippen LogP contribution in [-0.2, 0) is 0 Å². The predicted octanol–water partition coefficient (Wildman–Crippen LogP) is 3.50. The standard InChI is InChI=1S/C13H8ClN5O/c14-7-1-2-8-10(5-20-11(8)3-7)18-12-9-4-17-19-13(9)16-6-15-12/h1-6H,(H2,15,16,17,18,19). The van der Waals surface area contributed by atoms with Crippen molar-refractivity contribution in [1.29, 1.82) is 0 Å². The fraction of sp³-hybridized carbons (Fsp3) is 0. The lowest BCUT2D eigenvalue weighted by atomic mass is 10.2. The summed E-state index contributed by atoms with van der Waals surface area (Å²) in [6.07, 6.45) is 4.79. The summed E-state index contributed by atoms with van der Waals surface area (Å²) in [5.41, 5.74) is 2.22. The number of nitrogens with one attached hydrogen (secondary N) is 2. The summed E-state index contributed by atoms with van der Waals surface area (Å²) in [6, 6.07) is 5.49. The van der Waals surface area contributed by atoms with Gasteiger partial charge < -0.3 is 9.73 Å². The number of nitrogens with zero attached hydrogens (tertiary/aromatic N) is 3. The Labute approximate surface area is 117 Å². The van der Waals surface area contributed by atoms with Gasteiger partial charge in [0.2, 0.25) is 0 Å². The third-order valence-electron chi connectivity index (χ3n) is 3.04. The maximum atomic E-state index is 5.94. The highest BCUT2D eigenvalue weighted by Crippen LogP contribution is 2.31. The van der Waals surface area contributed by atoms with Crippen LogP contribution in [0.2, 0.25) is 5.02 Å². The monoisotopic (exact) mass is 285 g/mol. The Hall–Kier alpha value is -2.60. The lowest BCUT2D eigenvalue weighted by Crippen LogP contribution is -1.94. The van der Waals surface area contributed by atoms with Crippen LogP contribution >= 0.6 is 11.6 Å². The number of H-pyrrole nitrogens is 1. The van der Waals surface area contributed by atoms with Gasteiger partial charge in [0, 0.05) is 16.5 Å². The molecule has 2 N–H and O–H groups in total. The van der Waals surface area contributed by atoms with E-state index in [1.54, 1.807) is 18.5 Å². The Morgan fingerprint density at radius 2 is 2.15 bits per heavy atom. The van der Waals surface area contributed by atoms with Gasteiger partial charge in [-0.3, -0.25) is 5.10 Å². The molecule has 98 valence electrons. The molecule has 0 aliphatic heterocycles. The van der Waals surface area contributed by atoms with Gasteiger partial charge in [0.25, 0.3) is 0 Å². The van der Waals surface area contributed by atoms with Gasteiger partial charge in [-0.1, -0.05) is 11.6 Å². The smallest absolute Gasteiger partial charge is 0.160 e. The first-order valence-corrected chi connectivity index (χ1v) is 6.27. The molecule has 1 aromatic carbocycles. The SMILES string of the molecule is Clc1ccc2c(Nc3ncnc4[nH]ncc34)coc2c1. The van der Waals surface area contributed by atoms with E-state index in [4.69, 9.17) is 16.0 Å². The lowest BCUT2D eigenvalue weighted by molar-refractivity contribution is 0.617. The van der Waals surface area contributed by atoms with Crippen molar-refractivity contribution in [2.24, 2.45) is 0 Å². The first-order valence-electron chi connectivity index (χ1n) is 5.89. The van der Waals surface area contributed by atoms with E-state index in [9.17, 15) is 0 Å². The number of furan rings is 1. The van der Waals surface area contributed by atoms with Crippen molar-refractivity contribution >= 4 is 45.1 Å². The van der Waals surface area contributed by atoms with Gasteiger partial charge in [0.1, 0.15) is 24.0 Å². The van der Waals surface area contributed by atoms with E-state index in [2.05, 4.69) is 25.5 Å². The topological polar surface area (TPSA) is 79.6 Å². The van der Waals surface area contributed by atoms with Gasteiger partial charge in [0.05, 0.1) is 17.3 Å². The minimum atomic E-state index is 0.637. The van der Waals surface area contributed by atoms with Crippen molar-refractivity contribution in [2.75, 3.05) is 5.32 Å². The number of aromatic nitrogens is 4. The second-order valence-electron chi connectivity index (χ2n) is 4.27. The van der Waals surface area contributed by atoms with Gasteiger partial charge in [-0.2, -0.15) is 5.10 Å². The number of fused-ring (bicyclic) bond motifs is 2. The Morgan fingerprint density at radius 1 is 1.20 bits per heavy atom. The predicted molar refractivity (Wildman–Crippen MR) is 76.2 cm³/mol. The number of benzene rings is 1. The molecule has 0 aliphatic carbocycles. The van der Waals surface area contributed by atoms with E-state index in [-0.39, 0.29) is 0 Å². The molecule has 0 aliphatic rings. The van der Waals surface area contributed by atoms with Crippen LogP contribution in [0, 0.1) is 0 Å². The van der Waals surface area contributed by atoms with E-state index >= 15 is 0 Å². The van der Waals surface area contributed by atoms with Crippen molar-refractivity contribution in [3.8, 4) is 0 Å². The summed E-state index contributed by atoms with van der Waals surface area (Å²) in [6.45, 7) is 0. The maximum absolute atomic E-state index is 5.94. The summed E-state index contributed by atoms with van der Waals surface area (Å²) >= 11 is 5.94. The van der Waals surface area contributed by atoms with Crippen LogP contribution in [0.15, 0.2) is 41.4 Å². The molecule has 0 spiro atoms. The number of hydrogen-bond acceptors (Lipinski definition) is 5. The fourth-order valence-corrected chi connectivity index (χ4v) is 2.25. The summed E-state index contributed by atoms with van der Waals surface area (Å²) in [5.74, 6) is 0.668. The molecule has 3 aromatic heterocycles. The van der Waals surface area contributed by atoms with E-state index in [0.717, 1.165) is 22.0 Å². The third kappa shape index (κ3) is 1.70. The molecule has 0 saturated heterocycles. The molecule has 3 heterocycles. The second-order valence-corrected chi connectivity index (χ2v) is 4.71. The number of hydrogen-bond donors (Lipinski definition) is 2. The first kappa shape index (κ1) is 11.2. The number of aromatic amines is 1. The molecule has 0 amide bonds. The van der Waals surface area contributed by atoms with Gasteiger partial charge in [-0.15, -0.1) is 0 Å². The molecule has 0 unspecified atom stereocenters. The molecule has 20 heavy (non-hydrogen) atoms. The molecule has 4 rings (SSSR count). The Morgan fingerprint density at radius 3 is 3.10 bits per heavy atom. The summed E-state index contributed by atoms with van der Waals surface area (Å²) in [4.78, 5) is 8.32. The first-order chi connectivity index (χ1) is 9.81. The molecule has 0 radical (unpaired) electrons. The molecule has 4 aromatic rings. The highest BCUT2D eigenvalue weighted by molar-refractivity contribution is 6.31. The van der Waals surface area contributed by atoms with Crippen LogP contribution < -0.4 is 5.32 Å². The average molecular weight is 286 g/mol. The zero-order valence-corrected chi connectivity index (χ0v) is 10.8. The average Bonchev–Trinajstić information content (AvgIpc) is 3.06. The Kier molecular flexibility index (Phi) is 2.37. The van der Waals surface area contributed by atoms with Gasteiger partial charge in [0.15, 0.2) is 5.65 Å². The van der Waals surface area contributed by atoms with E-state index < -0.39 is 0 Å². The number of anilines is 2. The van der Waals surface area contributed by atoms with Crippen LogP contribution in [0.25, 0.3) is 22.0 Å². The van der Waals surface area contributed by atoms with Gasteiger partial charge in [-0.05, 0) is 12.1 Å². The van der Waals surface area contributed by atoms with Crippen molar-refractivity contribution in [1.82, 2.24) is 20.2 Å². The summed E-state index contributed by atoms with van der Waals surface area (Å²) < 4.78 is 5.48. The Bertz CT molecular complexity index is 913. The zero-order valence-electron chi connectivity index (χ0n) is 10.1. The van der Waals surface area contributed by atoms with Crippen molar-refractivity contribution in [2.45, 2.75) is 0 Å². The van der Waals surface area contributed by atoms with Crippen molar-refractivity contribution in [3.63, 3.8) is 0 Å². The molecule has 0 saturated carbocycles. The zero-order chi connectivity index (χ0) is 13.5.